The highest BCUT2D eigenvalue weighted by atomic mass is 35.5. The lowest BCUT2D eigenvalue weighted by Gasteiger charge is -2.11. The third kappa shape index (κ3) is 4.74. The standard InChI is InChI=1S/C11H15Cl2NO/c1-14(2)6-3-7-15-11-8-9(12)4-5-10(11)13/h4-5,8H,3,6-7H2,1-2H3. The molecule has 0 saturated heterocycles. The molecule has 0 amide bonds. The van der Waals surface area contributed by atoms with Gasteiger partial charge >= 0.3 is 0 Å². The number of hydrogen-bond donors (Lipinski definition) is 0. The molecular weight excluding hydrogens is 233 g/mol. The molecule has 4 heteroatoms. The van der Waals surface area contributed by atoms with E-state index < -0.39 is 0 Å². The van der Waals surface area contributed by atoms with Gasteiger partial charge in [0.15, 0.2) is 0 Å². The Bertz CT molecular complexity index is 315. The average Bonchev–Trinajstić information content (AvgIpc) is 2.17. The van der Waals surface area contributed by atoms with Gasteiger partial charge in [-0.3, -0.25) is 0 Å². The van der Waals surface area contributed by atoms with Crippen LogP contribution in [0.1, 0.15) is 6.42 Å². The van der Waals surface area contributed by atoms with Gasteiger partial charge in [0.1, 0.15) is 5.75 Å². The zero-order valence-corrected chi connectivity index (χ0v) is 10.5. The molecule has 2 nitrogen and oxygen atoms in total. The SMILES string of the molecule is CN(C)CCCOc1cc(Cl)ccc1Cl. The molecule has 0 aliphatic rings. The minimum atomic E-state index is 0.601. The van der Waals surface area contributed by atoms with Gasteiger partial charge in [-0.2, -0.15) is 0 Å². The van der Waals surface area contributed by atoms with E-state index in [1.807, 2.05) is 14.1 Å². The lowest BCUT2D eigenvalue weighted by molar-refractivity contribution is 0.282. The first-order chi connectivity index (χ1) is 7.09. The number of nitrogens with zero attached hydrogens (tertiary/aromatic N) is 1. The number of benzene rings is 1. The predicted octanol–water partition coefficient (Wildman–Crippen LogP) is 3.32. The lowest BCUT2D eigenvalue weighted by Crippen LogP contribution is -2.15. The Morgan fingerprint density at radius 2 is 2.00 bits per heavy atom. The van der Waals surface area contributed by atoms with Crippen molar-refractivity contribution in [3.63, 3.8) is 0 Å². The van der Waals surface area contributed by atoms with Crippen molar-refractivity contribution >= 4 is 23.2 Å². The molecule has 0 radical (unpaired) electrons. The van der Waals surface area contributed by atoms with Crippen molar-refractivity contribution in [1.82, 2.24) is 4.90 Å². The molecule has 0 saturated carbocycles. The van der Waals surface area contributed by atoms with Gasteiger partial charge in [-0.25, -0.2) is 0 Å². The van der Waals surface area contributed by atoms with Gasteiger partial charge in [0.25, 0.3) is 0 Å². The summed E-state index contributed by atoms with van der Waals surface area (Å²) < 4.78 is 5.52. The van der Waals surface area contributed by atoms with E-state index in [0.717, 1.165) is 13.0 Å². The van der Waals surface area contributed by atoms with Crippen LogP contribution in [0.3, 0.4) is 0 Å². The van der Waals surface area contributed by atoms with Gasteiger partial charge in [-0.15, -0.1) is 0 Å². The van der Waals surface area contributed by atoms with Crippen LogP contribution >= 0.6 is 23.2 Å². The highest BCUT2D eigenvalue weighted by Crippen LogP contribution is 2.27. The summed E-state index contributed by atoms with van der Waals surface area (Å²) >= 11 is 11.8. The summed E-state index contributed by atoms with van der Waals surface area (Å²) in [6.45, 7) is 1.65. The Labute approximate surface area is 101 Å². The molecule has 0 N–H and O–H groups in total. The molecule has 0 aromatic heterocycles. The van der Waals surface area contributed by atoms with Crippen LogP contribution in [-0.4, -0.2) is 32.1 Å². The molecule has 15 heavy (non-hydrogen) atoms. The fourth-order valence-corrected chi connectivity index (χ4v) is 1.48. The quantitative estimate of drug-likeness (QED) is 0.741. The van der Waals surface area contributed by atoms with E-state index in [1.165, 1.54) is 0 Å². The zero-order chi connectivity index (χ0) is 11.3. The molecule has 0 aliphatic heterocycles. The van der Waals surface area contributed by atoms with Crippen LogP contribution in [0.25, 0.3) is 0 Å². The van der Waals surface area contributed by atoms with Crippen molar-refractivity contribution in [2.45, 2.75) is 6.42 Å². The molecule has 0 spiro atoms. The van der Waals surface area contributed by atoms with Crippen LogP contribution in [0.4, 0.5) is 0 Å². The Hall–Kier alpha value is -0.440. The Kier molecular flexibility index (Phi) is 5.23. The molecule has 0 atom stereocenters. The minimum absolute atomic E-state index is 0.601. The molecule has 0 bridgehead atoms. The third-order valence-electron chi connectivity index (χ3n) is 1.90. The summed E-state index contributed by atoms with van der Waals surface area (Å²) in [4.78, 5) is 2.11. The van der Waals surface area contributed by atoms with Crippen LogP contribution in [0.15, 0.2) is 18.2 Å². The summed E-state index contributed by atoms with van der Waals surface area (Å²) in [7, 11) is 4.07. The highest BCUT2D eigenvalue weighted by molar-refractivity contribution is 6.34. The van der Waals surface area contributed by atoms with E-state index in [4.69, 9.17) is 27.9 Å². The first-order valence-corrected chi connectivity index (χ1v) is 5.58. The molecule has 1 aromatic rings. The number of hydrogen-bond acceptors (Lipinski definition) is 2. The molecule has 84 valence electrons. The number of ether oxygens (including phenoxy) is 1. The highest BCUT2D eigenvalue weighted by Gasteiger charge is 2.02. The summed E-state index contributed by atoms with van der Waals surface area (Å²) in [5, 5.41) is 1.24. The second kappa shape index (κ2) is 6.21. The summed E-state index contributed by atoms with van der Waals surface area (Å²) in [6, 6.07) is 5.22. The molecule has 0 fully saturated rings. The summed E-state index contributed by atoms with van der Waals surface area (Å²) in [5.74, 6) is 0.655. The van der Waals surface area contributed by atoms with Crippen LogP contribution in [-0.2, 0) is 0 Å². The number of halogens is 2. The van der Waals surface area contributed by atoms with Crippen LogP contribution in [0.5, 0.6) is 5.75 Å². The van der Waals surface area contributed by atoms with Crippen molar-refractivity contribution in [2.75, 3.05) is 27.2 Å². The van der Waals surface area contributed by atoms with Gasteiger partial charge in [0, 0.05) is 17.6 Å². The second-order valence-electron chi connectivity index (χ2n) is 3.58. The van der Waals surface area contributed by atoms with Crippen molar-refractivity contribution < 1.29 is 4.74 Å². The fraction of sp³-hybridized carbons (Fsp3) is 0.455. The molecular formula is C11H15Cl2NO. The maximum Gasteiger partial charge on any atom is 0.139 e. The molecule has 1 rings (SSSR count). The molecule has 0 aliphatic carbocycles. The molecule has 0 unspecified atom stereocenters. The maximum atomic E-state index is 5.94. The Balaban J connectivity index is 2.40. The zero-order valence-electron chi connectivity index (χ0n) is 8.96. The molecule has 1 aromatic carbocycles. The van der Waals surface area contributed by atoms with E-state index in [1.54, 1.807) is 18.2 Å². The topological polar surface area (TPSA) is 12.5 Å². The average molecular weight is 248 g/mol. The fourth-order valence-electron chi connectivity index (χ4n) is 1.15. The number of rotatable bonds is 5. The van der Waals surface area contributed by atoms with Gasteiger partial charge in [-0.1, -0.05) is 23.2 Å². The summed E-state index contributed by atoms with van der Waals surface area (Å²) in [6.07, 6.45) is 0.968. The predicted molar refractivity (Wildman–Crippen MR) is 65.1 cm³/mol. The first-order valence-electron chi connectivity index (χ1n) is 4.82. The largest absolute Gasteiger partial charge is 0.492 e. The van der Waals surface area contributed by atoms with E-state index in [0.29, 0.717) is 22.4 Å². The van der Waals surface area contributed by atoms with Crippen LogP contribution < -0.4 is 4.74 Å². The normalized spacial score (nSPS) is 10.7. The van der Waals surface area contributed by atoms with E-state index in [-0.39, 0.29) is 0 Å². The van der Waals surface area contributed by atoms with Gasteiger partial charge in [0.05, 0.1) is 11.6 Å². The monoisotopic (exact) mass is 247 g/mol. The Morgan fingerprint density at radius 3 is 2.67 bits per heavy atom. The van der Waals surface area contributed by atoms with Crippen molar-refractivity contribution in [3.05, 3.63) is 28.2 Å². The van der Waals surface area contributed by atoms with Crippen LogP contribution in [0, 0.1) is 0 Å². The minimum Gasteiger partial charge on any atom is -0.492 e. The first kappa shape index (κ1) is 12.6. The van der Waals surface area contributed by atoms with E-state index in [9.17, 15) is 0 Å². The Morgan fingerprint density at radius 1 is 1.27 bits per heavy atom. The van der Waals surface area contributed by atoms with Gasteiger partial charge < -0.3 is 9.64 Å². The van der Waals surface area contributed by atoms with E-state index in [2.05, 4.69) is 4.90 Å². The maximum absolute atomic E-state index is 5.94. The van der Waals surface area contributed by atoms with Crippen molar-refractivity contribution in [3.8, 4) is 5.75 Å². The van der Waals surface area contributed by atoms with Crippen molar-refractivity contribution in [2.24, 2.45) is 0 Å². The smallest absolute Gasteiger partial charge is 0.139 e. The van der Waals surface area contributed by atoms with Gasteiger partial charge in [-0.05, 0) is 32.6 Å². The van der Waals surface area contributed by atoms with Gasteiger partial charge in [0.2, 0.25) is 0 Å². The van der Waals surface area contributed by atoms with E-state index >= 15 is 0 Å². The summed E-state index contributed by atoms with van der Waals surface area (Å²) in [5.41, 5.74) is 0. The molecule has 0 heterocycles. The third-order valence-corrected chi connectivity index (χ3v) is 2.45. The van der Waals surface area contributed by atoms with Crippen LogP contribution in [0.2, 0.25) is 10.0 Å². The second-order valence-corrected chi connectivity index (χ2v) is 4.42. The van der Waals surface area contributed by atoms with Crippen molar-refractivity contribution in [1.29, 1.82) is 0 Å². The lowest BCUT2D eigenvalue weighted by atomic mass is 10.3.